The smallest absolute Gasteiger partial charge is 0.355 e. The van der Waals surface area contributed by atoms with Crippen molar-refractivity contribution in [3.8, 4) is 0 Å². The molecule has 0 spiro atoms. The fourth-order valence-corrected chi connectivity index (χ4v) is 6.44. The molecule has 0 saturated heterocycles. The van der Waals surface area contributed by atoms with Crippen LogP contribution in [0.2, 0.25) is 0 Å². The van der Waals surface area contributed by atoms with Crippen LogP contribution >= 0.6 is 11.3 Å². The van der Waals surface area contributed by atoms with Crippen molar-refractivity contribution in [1.82, 2.24) is 19.9 Å². The van der Waals surface area contributed by atoms with Crippen LogP contribution in [0, 0.1) is 0 Å². The van der Waals surface area contributed by atoms with E-state index in [0.717, 1.165) is 49.7 Å². The zero-order chi connectivity index (χ0) is 35.2. The Balaban J connectivity index is 0.000000129. The highest BCUT2D eigenvalue weighted by Gasteiger charge is 2.37. The summed E-state index contributed by atoms with van der Waals surface area (Å²) in [7, 11) is 0. The lowest BCUT2D eigenvalue weighted by molar-refractivity contribution is -0.170. The van der Waals surface area contributed by atoms with E-state index >= 15 is 0 Å². The fraction of sp³-hybridized carbons (Fsp3) is 0.0714. The van der Waals surface area contributed by atoms with Gasteiger partial charge in [0.1, 0.15) is 0 Å². The van der Waals surface area contributed by atoms with E-state index < -0.39 is 18.4 Å². The summed E-state index contributed by atoms with van der Waals surface area (Å²) < 4.78 is 35.2. The first-order valence-corrected chi connectivity index (χ1v) is 17.2. The van der Waals surface area contributed by atoms with Crippen molar-refractivity contribution >= 4 is 85.0 Å². The Morgan fingerprint density at radius 3 is 1.51 bits per heavy atom. The third-order valence-electron chi connectivity index (χ3n) is 8.19. The van der Waals surface area contributed by atoms with Crippen LogP contribution in [0.25, 0.3) is 67.9 Å². The number of rotatable bonds is 3. The molecule has 7 aromatic rings. The minimum absolute atomic E-state index is 0.177. The molecule has 2 aliphatic heterocycles. The van der Waals surface area contributed by atoms with Crippen LogP contribution in [-0.4, -0.2) is 31.9 Å². The van der Waals surface area contributed by atoms with Crippen LogP contribution < -0.4 is 0 Å². The number of H-pyrrole nitrogens is 2. The maximum atomic E-state index is 11.7. The van der Waals surface area contributed by atoms with Gasteiger partial charge in [0.15, 0.2) is 0 Å². The molecule has 6 heterocycles. The number of aromatic nitrogens is 4. The Bertz CT molecular complexity index is 2420. The molecule has 51 heavy (non-hydrogen) atoms. The van der Waals surface area contributed by atoms with Crippen molar-refractivity contribution in [3.63, 3.8) is 0 Å². The van der Waals surface area contributed by atoms with Gasteiger partial charge in [-0.05, 0) is 112 Å². The highest BCUT2D eigenvalue weighted by molar-refractivity contribution is 7.09. The Hall–Kier alpha value is -6.06. The van der Waals surface area contributed by atoms with E-state index in [0.29, 0.717) is 0 Å². The second kappa shape index (κ2) is 14.8. The highest BCUT2D eigenvalue weighted by atomic mass is 32.1. The van der Waals surface area contributed by atoms with Crippen LogP contribution in [0.1, 0.15) is 34.1 Å². The number of hydrogen-bond acceptors (Lipinski definition) is 4. The zero-order valence-electron chi connectivity index (χ0n) is 27.2. The van der Waals surface area contributed by atoms with Crippen molar-refractivity contribution in [2.24, 2.45) is 0 Å². The number of hydrogen-bond donors (Lipinski definition) is 2. The molecular weight excluding hydrogens is 666 g/mol. The van der Waals surface area contributed by atoms with Crippen molar-refractivity contribution in [2.75, 3.05) is 0 Å². The van der Waals surface area contributed by atoms with E-state index in [4.69, 9.17) is 0 Å². The molecule has 4 aromatic heterocycles. The second-order valence-electron chi connectivity index (χ2n) is 11.9. The predicted octanol–water partition coefficient (Wildman–Crippen LogP) is 11.5. The second-order valence-corrected chi connectivity index (χ2v) is 12.9. The maximum Gasteiger partial charge on any atom is 0.449 e. The minimum Gasteiger partial charge on any atom is -0.355 e. The largest absolute Gasteiger partial charge is 0.449 e. The first-order valence-electron chi connectivity index (χ1n) is 16.3. The van der Waals surface area contributed by atoms with E-state index in [9.17, 15) is 18.0 Å². The normalized spacial score (nSPS) is 11.9. The number of alkyl halides is 3. The number of ketones is 1. The van der Waals surface area contributed by atoms with Gasteiger partial charge in [0.05, 0.1) is 22.8 Å². The van der Waals surface area contributed by atoms with Gasteiger partial charge in [-0.2, -0.15) is 13.2 Å². The Morgan fingerprint density at radius 1 is 0.569 bits per heavy atom. The average molecular weight is 697 g/mol. The summed E-state index contributed by atoms with van der Waals surface area (Å²) in [5.74, 6) is -1.65. The molecule has 9 rings (SSSR count). The summed E-state index contributed by atoms with van der Waals surface area (Å²) in [5, 5.41) is 7.07. The number of fused-ring (bicyclic) bond motifs is 11. The Morgan fingerprint density at radius 2 is 1.04 bits per heavy atom. The van der Waals surface area contributed by atoms with E-state index in [-0.39, 0.29) is 6.42 Å². The number of Topliss-reactive ketones (excluding diaryl/α,β-unsaturated/α-hetero) is 1. The topological polar surface area (TPSA) is 74.4 Å². The third kappa shape index (κ3) is 8.57. The number of aromatic amines is 2. The molecule has 0 unspecified atom stereocenters. The van der Waals surface area contributed by atoms with Gasteiger partial charge in [-0.1, -0.05) is 66.7 Å². The van der Waals surface area contributed by atoms with Gasteiger partial charge in [0.2, 0.25) is 5.78 Å². The number of nitrogens with zero attached hydrogens (tertiary/aromatic N) is 2. The first-order chi connectivity index (χ1) is 24.7. The standard InChI is InChI=1S/C20H14N4.C14H10.C8H7F3OS/c1-2-14-10-16-5-6-18(23-16)12-20-8-7-19(24-20)11-17-4-3-15(22-17)9-13(1)21-14;1-3-7-13-11(5-1)9-10-12-6-2-4-8-14(12)13;9-8(10,11)7(12)4-3-6-2-1-5-13-6/h1-12,21-22H;1-10H;1-2,5H,3-4H2. The van der Waals surface area contributed by atoms with Crippen LogP contribution in [0.5, 0.6) is 0 Å². The predicted molar refractivity (Wildman–Crippen MR) is 204 cm³/mol. The number of carbonyl (C=O) groups excluding carboxylic acids is 1. The van der Waals surface area contributed by atoms with Gasteiger partial charge < -0.3 is 9.97 Å². The zero-order valence-corrected chi connectivity index (χ0v) is 28.0. The number of halogens is 3. The maximum absolute atomic E-state index is 11.7. The molecular formula is C42H31F3N4OS. The summed E-state index contributed by atoms with van der Waals surface area (Å²) in [4.78, 5) is 27.3. The van der Waals surface area contributed by atoms with Crippen molar-refractivity contribution in [2.45, 2.75) is 19.0 Å². The Labute approximate surface area is 295 Å². The van der Waals surface area contributed by atoms with Crippen LogP contribution in [0.15, 0.2) is 127 Å². The molecule has 0 aliphatic carbocycles. The number of thiophene rings is 1. The first kappa shape index (κ1) is 33.4. The van der Waals surface area contributed by atoms with Crippen LogP contribution in [0.4, 0.5) is 13.2 Å². The van der Waals surface area contributed by atoms with E-state index in [1.165, 1.54) is 32.9 Å². The van der Waals surface area contributed by atoms with Gasteiger partial charge in [-0.25, -0.2) is 9.97 Å². The number of nitrogens with one attached hydrogen (secondary N) is 2. The van der Waals surface area contributed by atoms with Gasteiger partial charge in [0.25, 0.3) is 0 Å². The summed E-state index contributed by atoms with van der Waals surface area (Å²) in [6.07, 6.45) is 3.09. The molecule has 3 aromatic carbocycles. The third-order valence-corrected chi connectivity index (χ3v) is 9.13. The van der Waals surface area contributed by atoms with E-state index in [1.54, 1.807) is 17.5 Å². The van der Waals surface area contributed by atoms with Crippen molar-refractivity contribution < 1.29 is 18.0 Å². The molecule has 0 saturated carbocycles. The van der Waals surface area contributed by atoms with Crippen molar-refractivity contribution in [3.05, 3.63) is 154 Å². The number of benzene rings is 3. The average Bonchev–Trinajstić information content (AvgIpc) is 3.98. The lowest BCUT2D eigenvalue weighted by Crippen LogP contribution is -2.22. The van der Waals surface area contributed by atoms with Crippen LogP contribution in [0.3, 0.4) is 0 Å². The Kier molecular flexibility index (Phi) is 9.72. The molecule has 0 amide bonds. The van der Waals surface area contributed by atoms with Crippen molar-refractivity contribution in [1.29, 1.82) is 0 Å². The molecule has 5 nitrogen and oxygen atoms in total. The highest BCUT2D eigenvalue weighted by Crippen LogP contribution is 2.25. The summed E-state index contributed by atoms with van der Waals surface area (Å²) in [6.45, 7) is 0. The lowest BCUT2D eigenvalue weighted by atomic mass is 10.0. The minimum atomic E-state index is -4.68. The monoisotopic (exact) mass is 696 g/mol. The molecule has 2 aliphatic rings. The van der Waals surface area contributed by atoms with Crippen LogP contribution in [-0.2, 0) is 11.2 Å². The summed E-state index contributed by atoms with van der Waals surface area (Å²) in [6, 6.07) is 41.2. The number of aryl methyl sites for hydroxylation is 1. The summed E-state index contributed by atoms with van der Waals surface area (Å²) >= 11 is 1.36. The molecule has 9 heteroatoms. The molecule has 8 bridgehead atoms. The SMILES string of the molecule is C1=Cc2cc3ccc(cc4ccc(cc5nc(cc1n2)C=C5)[nH]4)[nH]3.O=C(CCc1cccs1)C(F)(F)F.c1ccc2c(c1)ccc1ccccc12. The lowest BCUT2D eigenvalue weighted by Gasteiger charge is -2.02. The summed E-state index contributed by atoms with van der Waals surface area (Å²) in [5.41, 5.74) is 7.86. The van der Waals surface area contributed by atoms with Gasteiger partial charge in [0, 0.05) is 33.4 Å². The van der Waals surface area contributed by atoms with E-state index in [1.807, 2.05) is 42.5 Å². The number of carbonyl (C=O) groups is 1. The molecule has 2 N–H and O–H groups in total. The van der Waals surface area contributed by atoms with Gasteiger partial charge in [-0.15, -0.1) is 11.3 Å². The quantitative estimate of drug-likeness (QED) is 0.181. The molecule has 0 atom stereocenters. The molecule has 0 radical (unpaired) electrons. The van der Waals surface area contributed by atoms with Gasteiger partial charge >= 0.3 is 6.18 Å². The van der Waals surface area contributed by atoms with Gasteiger partial charge in [-0.3, -0.25) is 4.79 Å². The molecule has 252 valence electrons. The van der Waals surface area contributed by atoms with E-state index in [2.05, 4.69) is 111 Å². The fourth-order valence-electron chi connectivity index (χ4n) is 5.73. The molecule has 0 fully saturated rings.